The van der Waals surface area contributed by atoms with Crippen LogP contribution < -0.4 is 10.6 Å². The molecule has 0 spiro atoms. The number of anilines is 2. The van der Waals surface area contributed by atoms with Gasteiger partial charge in [0.15, 0.2) is 0 Å². The summed E-state index contributed by atoms with van der Waals surface area (Å²) < 4.78 is 0. The molecule has 19 heavy (non-hydrogen) atoms. The number of carbonyl (C=O) groups is 2. The van der Waals surface area contributed by atoms with Gasteiger partial charge >= 0.3 is 0 Å². The molecule has 2 amide bonds. The number of benzene rings is 1. The Balaban J connectivity index is 2.00. The van der Waals surface area contributed by atoms with E-state index in [2.05, 4.69) is 0 Å². The first-order valence-corrected chi connectivity index (χ1v) is 6.56. The van der Waals surface area contributed by atoms with Crippen molar-refractivity contribution in [3.05, 3.63) is 18.2 Å². The number of carbonyl (C=O) groups excluding carboxylic acids is 2. The molecule has 1 saturated heterocycles. The van der Waals surface area contributed by atoms with E-state index < -0.39 is 0 Å². The maximum Gasteiger partial charge on any atom is 0.237 e. The molecular formula is C14H16N2O3. The summed E-state index contributed by atoms with van der Waals surface area (Å²) in [5, 5.41) is 9.35. The molecule has 2 atom stereocenters. The Morgan fingerprint density at radius 3 is 2.21 bits per heavy atom. The van der Waals surface area contributed by atoms with Gasteiger partial charge in [-0.05, 0) is 25.0 Å². The molecule has 1 aliphatic heterocycles. The van der Waals surface area contributed by atoms with E-state index in [1.165, 1.54) is 23.1 Å². The molecule has 100 valence electrons. The normalized spacial score (nSPS) is 26.6. The first-order chi connectivity index (χ1) is 9.09. The number of imide groups is 1. The molecule has 3 N–H and O–H groups in total. The van der Waals surface area contributed by atoms with Crippen molar-refractivity contribution >= 4 is 23.2 Å². The molecule has 5 heteroatoms. The molecule has 2 fully saturated rings. The van der Waals surface area contributed by atoms with Gasteiger partial charge in [0.2, 0.25) is 11.8 Å². The predicted octanol–water partition coefficient (Wildman–Crippen LogP) is 1.65. The van der Waals surface area contributed by atoms with Crippen LogP contribution >= 0.6 is 0 Å². The van der Waals surface area contributed by atoms with E-state index in [-0.39, 0.29) is 35.1 Å². The second kappa shape index (κ2) is 4.26. The monoisotopic (exact) mass is 260 g/mol. The second-order valence-electron chi connectivity index (χ2n) is 5.25. The lowest BCUT2D eigenvalue weighted by Crippen LogP contribution is -2.31. The fourth-order valence-electron chi connectivity index (χ4n) is 3.15. The zero-order valence-corrected chi connectivity index (χ0v) is 10.5. The molecule has 3 rings (SSSR count). The topological polar surface area (TPSA) is 83.6 Å². The van der Waals surface area contributed by atoms with Gasteiger partial charge in [-0.2, -0.15) is 0 Å². The number of nitrogens with two attached hydrogens (primary N) is 1. The fraction of sp³-hybridized carbons (Fsp3) is 0.429. The third-order valence-electron chi connectivity index (χ3n) is 4.09. The molecule has 0 bridgehead atoms. The first kappa shape index (κ1) is 12.0. The van der Waals surface area contributed by atoms with Gasteiger partial charge in [0, 0.05) is 6.07 Å². The summed E-state index contributed by atoms with van der Waals surface area (Å²) >= 11 is 0. The molecule has 1 aromatic rings. The minimum Gasteiger partial charge on any atom is -0.508 e. The van der Waals surface area contributed by atoms with Crippen LogP contribution in [0.3, 0.4) is 0 Å². The number of hydrogen-bond acceptors (Lipinski definition) is 4. The van der Waals surface area contributed by atoms with Crippen LogP contribution in [0.1, 0.15) is 25.7 Å². The number of rotatable bonds is 1. The van der Waals surface area contributed by atoms with Crippen LogP contribution in [0.2, 0.25) is 0 Å². The number of nitrogen functional groups attached to an aromatic ring is 1. The van der Waals surface area contributed by atoms with E-state index >= 15 is 0 Å². The van der Waals surface area contributed by atoms with Gasteiger partial charge in [-0.1, -0.05) is 12.8 Å². The van der Waals surface area contributed by atoms with Crippen molar-refractivity contribution in [3.8, 4) is 5.75 Å². The van der Waals surface area contributed by atoms with Crippen molar-refractivity contribution in [1.29, 1.82) is 0 Å². The van der Waals surface area contributed by atoms with E-state index in [1.807, 2.05) is 0 Å². The molecule has 0 radical (unpaired) electrons. The summed E-state index contributed by atoms with van der Waals surface area (Å²) in [7, 11) is 0. The van der Waals surface area contributed by atoms with Crippen molar-refractivity contribution in [2.75, 3.05) is 10.6 Å². The number of fused-ring (bicyclic) bond motifs is 1. The van der Waals surface area contributed by atoms with E-state index in [9.17, 15) is 14.7 Å². The van der Waals surface area contributed by atoms with Gasteiger partial charge < -0.3 is 10.8 Å². The Hall–Kier alpha value is -2.04. The van der Waals surface area contributed by atoms with Gasteiger partial charge in [0.25, 0.3) is 0 Å². The summed E-state index contributed by atoms with van der Waals surface area (Å²) in [6, 6.07) is 4.32. The van der Waals surface area contributed by atoms with Gasteiger partial charge in [-0.3, -0.25) is 9.59 Å². The highest BCUT2D eigenvalue weighted by Gasteiger charge is 2.49. The average molecular weight is 260 g/mol. The smallest absolute Gasteiger partial charge is 0.237 e. The lowest BCUT2D eigenvalue weighted by Gasteiger charge is -2.19. The molecule has 1 saturated carbocycles. The van der Waals surface area contributed by atoms with E-state index in [0.717, 1.165) is 25.7 Å². The molecular weight excluding hydrogens is 244 g/mol. The largest absolute Gasteiger partial charge is 0.508 e. The van der Waals surface area contributed by atoms with E-state index in [4.69, 9.17) is 5.73 Å². The van der Waals surface area contributed by atoms with Crippen LogP contribution in [-0.2, 0) is 9.59 Å². The molecule has 0 aromatic heterocycles. The number of nitrogens with zero attached hydrogens (tertiary/aromatic N) is 1. The molecule has 2 unspecified atom stereocenters. The van der Waals surface area contributed by atoms with Crippen molar-refractivity contribution in [1.82, 2.24) is 0 Å². The van der Waals surface area contributed by atoms with Gasteiger partial charge in [0.1, 0.15) is 5.75 Å². The quantitative estimate of drug-likeness (QED) is 0.594. The standard InChI is InChI=1S/C14H16N2O3/c15-11-7-8(17)5-6-12(11)16-13(18)9-3-1-2-4-10(9)14(16)19/h5-7,9-10,17H,1-4,15H2. The van der Waals surface area contributed by atoms with Gasteiger partial charge in [-0.15, -0.1) is 0 Å². The Kier molecular flexibility index (Phi) is 2.69. The predicted molar refractivity (Wildman–Crippen MR) is 70.5 cm³/mol. The summed E-state index contributed by atoms with van der Waals surface area (Å²) in [6.45, 7) is 0. The molecule has 2 aliphatic rings. The molecule has 1 aromatic carbocycles. The molecule has 5 nitrogen and oxygen atoms in total. The maximum absolute atomic E-state index is 12.4. The summed E-state index contributed by atoms with van der Waals surface area (Å²) in [5.41, 5.74) is 6.45. The summed E-state index contributed by atoms with van der Waals surface area (Å²) in [5.74, 6) is -0.638. The number of aromatic hydroxyl groups is 1. The zero-order chi connectivity index (χ0) is 13.6. The van der Waals surface area contributed by atoms with Gasteiger partial charge in [0.05, 0.1) is 23.2 Å². The SMILES string of the molecule is Nc1cc(O)ccc1N1C(=O)C2CCCCC2C1=O. The number of phenolic OH excluding ortho intramolecular Hbond substituents is 1. The summed E-state index contributed by atoms with van der Waals surface area (Å²) in [4.78, 5) is 26.0. The van der Waals surface area contributed by atoms with Crippen LogP contribution in [0.4, 0.5) is 11.4 Å². The third-order valence-corrected chi connectivity index (χ3v) is 4.09. The Morgan fingerprint density at radius 2 is 1.68 bits per heavy atom. The number of phenols is 1. The van der Waals surface area contributed by atoms with Crippen LogP contribution in [0.5, 0.6) is 5.75 Å². The minimum absolute atomic E-state index is 0.0257. The zero-order valence-electron chi connectivity index (χ0n) is 10.5. The van der Waals surface area contributed by atoms with Gasteiger partial charge in [-0.25, -0.2) is 4.90 Å². The van der Waals surface area contributed by atoms with Crippen molar-refractivity contribution in [2.45, 2.75) is 25.7 Å². The average Bonchev–Trinajstić information content (AvgIpc) is 2.64. The third kappa shape index (κ3) is 1.77. The van der Waals surface area contributed by atoms with Crippen molar-refractivity contribution in [3.63, 3.8) is 0 Å². The Morgan fingerprint density at radius 1 is 1.11 bits per heavy atom. The van der Waals surface area contributed by atoms with Crippen molar-refractivity contribution in [2.24, 2.45) is 11.8 Å². The highest BCUT2D eigenvalue weighted by Crippen LogP contribution is 2.41. The lowest BCUT2D eigenvalue weighted by atomic mass is 9.81. The van der Waals surface area contributed by atoms with Crippen LogP contribution in [0.15, 0.2) is 18.2 Å². The van der Waals surface area contributed by atoms with Crippen LogP contribution in [0.25, 0.3) is 0 Å². The maximum atomic E-state index is 12.4. The summed E-state index contributed by atoms with van der Waals surface area (Å²) in [6.07, 6.45) is 3.56. The highest BCUT2D eigenvalue weighted by molar-refractivity contribution is 6.23. The Bertz CT molecular complexity index is 532. The lowest BCUT2D eigenvalue weighted by molar-refractivity contribution is -0.122. The first-order valence-electron chi connectivity index (χ1n) is 6.56. The Labute approximate surface area is 111 Å². The van der Waals surface area contributed by atoms with Crippen LogP contribution in [-0.4, -0.2) is 16.9 Å². The molecule has 1 heterocycles. The number of amides is 2. The van der Waals surface area contributed by atoms with Crippen LogP contribution in [0, 0.1) is 11.8 Å². The fourth-order valence-corrected chi connectivity index (χ4v) is 3.15. The molecule has 1 aliphatic carbocycles. The van der Waals surface area contributed by atoms with E-state index in [0.29, 0.717) is 5.69 Å². The second-order valence-corrected chi connectivity index (χ2v) is 5.25. The highest BCUT2D eigenvalue weighted by atomic mass is 16.3. The minimum atomic E-state index is -0.186. The number of hydrogen-bond donors (Lipinski definition) is 2. The van der Waals surface area contributed by atoms with E-state index in [1.54, 1.807) is 0 Å². The van der Waals surface area contributed by atoms with Crippen molar-refractivity contribution < 1.29 is 14.7 Å².